The van der Waals surface area contributed by atoms with E-state index in [4.69, 9.17) is 4.74 Å². The first kappa shape index (κ1) is 20.4. The first-order valence-corrected chi connectivity index (χ1v) is 10.5. The van der Waals surface area contributed by atoms with Crippen LogP contribution in [-0.4, -0.2) is 31.0 Å². The number of amides is 1. The van der Waals surface area contributed by atoms with Crippen molar-refractivity contribution in [2.24, 2.45) is 0 Å². The Bertz CT molecular complexity index is 732. The van der Waals surface area contributed by atoms with Crippen LogP contribution >= 0.6 is 0 Å². The fourth-order valence-corrected chi connectivity index (χ4v) is 3.81. The van der Waals surface area contributed by atoms with Gasteiger partial charge in [-0.25, -0.2) is 0 Å². The predicted molar refractivity (Wildman–Crippen MR) is 114 cm³/mol. The number of benzene rings is 2. The van der Waals surface area contributed by atoms with Crippen molar-refractivity contribution in [3.8, 4) is 5.75 Å². The lowest BCUT2D eigenvalue weighted by Crippen LogP contribution is -2.28. The minimum absolute atomic E-state index is 0.00446. The van der Waals surface area contributed by atoms with E-state index in [1.807, 2.05) is 36.4 Å². The first-order valence-electron chi connectivity index (χ1n) is 10.5. The molecule has 4 heteroatoms. The highest BCUT2D eigenvalue weighted by molar-refractivity contribution is 5.94. The van der Waals surface area contributed by atoms with Crippen LogP contribution in [0.4, 0.5) is 0 Å². The molecule has 1 heterocycles. The van der Waals surface area contributed by atoms with Gasteiger partial charge in [-0.2, -0.15) is 0 Å². The van der Waals surface area contributed by atoms with Gasteiger partial charge < -0.3 is 10.1 Å². The number of likely N-dealkylation sites (tertiary alicyclic amines) is 1. The number of carbonyl (C=O) groups is 1. The number of rotatable bonds is 7. The van der Waals surface area contributed by atoms with Crippen LogP contribution in [0.1, 0.15) is 66.6 Å². The van der Waals surface area contributed by atoms with Gasteiger partial charge in [-0.3, -0.25) is 9.69 Å². The van der Waals surface area contributed by atoms with Crippen LogP contribution in [0.5, 0.6) is 5.75 Å². The molecule has 1 amide bonds. The molecule has 1 fully saturated rings. The van der Waals surface area contributed by atoms with Gasteiger partial charge >= 0.3 is 0 Å². The quantitative estimate of drug-likeness (QED) is 0.739. The Balaban J connectivity index is 1.59. The second-order valence-corrected chi connectivity index (χ2v) is 7.59. The van der Waals surface area contributed by atoms with Gasteiger partial charge in [0.05, 0.1) is 13.2 Å². The third-order valence-electron chi connectivity index (χ3n) is 5.55. The van der Waals surface area contributed by atoms with Gasteiger partial charge in [-0.05, 0) is 67.7 Å². The maximum atomic E-state index is 12.7. The normalized spacial score (nSPS) is 16.2. The summed E-state index contributed by atoms with van der Waals surface area (Å²) in [5, 5.41) is 3.16. The van der Waals surface area contributed by atoms with Crippen molar-refractivity contribution < 1.29 is 9.53 Å². The van der Waals surface area contributed by atoms with Crippen molar-refractivity contribution in [3.05, 3.63) is 65.2 Å². The Morgan fingerprint density at radius 1 is 1.00 bits per heavy atom. The van der Waals surface area contributed by atoms with Crippen LogP contribution in [-0.2, 0) is 6.54 Å². The van der Waals surface area contributed by atoms with Crippen LogP contribution in [0, 0.1) is 0 Å². The second-order valence-electron chi connectivity index (χ2n) is 7.59. The van der Waals surface area contributed by atoms with Crippen LogP contribution in [0.2, 0.25) is 0 Å². The summed E-state index contributed by atoms with van der Waals surface area (Å²) in [5.74, 6) is 0.800. The van der Waals surface area contributed by atoms with Crippen LogP contribution in [0.15, 0.2) is 48.5 Å². The highest BCUT2D eigenvalue weighted by Gasteiger charge is 2.15. The number of ether oxygens (including phenoxy) is 1. The minimum Gasteiger partial charge on any atom is -0.497 e. The van der Waals surface area contributed by atoms with Crippen LogP contribution in [0.25, 0.3) is 0 Å². The third-order valence-corrected chi connectivity index (χ3v) is 5.55. The minimum atomic E-state index is -0.0241. The van der Waals surface area contributed by atoms with E-state index in [2.05, 4.69) is 29.3 Å². The average Bonchev–Trinajstić information content (AvgIpc) is 3.01. The molecule has 1 saturated heterocycles. The Hall–Kier alpha value is -2.33. The molecule has 2 aromatic rings. The molecule has 2 aromatic carbocycles. The smallest absolute Gasteiger partial charge is 0.251 e. The lowest BCUT2D eigenvalue weighted by molar-refractivity contribution is 0.0935. The summed E-state index contributed by atoms with van der Waals surface area (Å²) < 4.78 is 5.21. The molecular weight excluding hydrogens is 348 g/mol. The van der Waals surface area contributed by atoms with Gasteiger partial charge in [0, 0.05) is 12.1 Å². The summed E-state index contributed by atoms with van der Waals surface area (Å²) in [6, 6.07) is 16.0. The molecule has 150 valence electrons. The molecule has 1 aliphatic heterocycles. The molecule has 3 rings (SSSR count). The Labute approximate surface area is 168 Å². The van der Waals surface area contributed by atoms with Gasteiger partial charge in [0.2, 0.25) is 0 Å². The summed E-state index contributed by atoms with van der Waals surface area (Å²) in [5.41, 5.74) is 3.08. The Kier molecular flexibility index (Phi) is 7.49. The largest absolute Gasteiger partial charge is 0.497 e. The number of hydrogen-bond donors (Lipinski definition) is 1. The number of hydrogen-bond acceptors (Lipinski definition) is 3. The maximum Gasteiger partial charge on any atom is 0.251 e. The van der Waals surface area contributed by atoms with E-state index in [0.29, 0.717) is 5.56 Å². The second kappa shape index (κ2) is 10.3. The molecule has 1 N–H and O–H groups in total. The molecule has 1 aliphatic rings. The Morgan fingerprint density at radius 2 is 1.64 bits per heavy atom. The number of carbonyl (C=O) groups excluding carboxylic acids is 1. The standard InChI is InChI=1S/C24H32N2O2/c1-3-23(20-12-14-22(28-2)15-13-20)25-24(27)21-10-8-19(9-11-21)18-26-16-6-4-5-7-17-26/h8-15,23H,3-7,16-18H2,1-2H3,(H,25,27)/t23-/m0/s1. The summed E-state index contributed by atoms with van der Waals surface area (Å²) in [4.78, 5) is 15.2. The molecule has 28 heavy (non-hydrogen) atoms. The van der Waals surface area contributed by atoms with E-state index in [1.165, 1.54) is 44.3 Å². The molecule has 0 aromatic heterocycles. The molecule has 0 spiro atoms. The van der Waals surface area contributed by atoms with Crippen LogP contribution in [0.3, 0.4) is 0 Å². The first-order chi connectivity index (χ1) is 13.7. The van der Waals surface area contributed by atoms with Crippen molar-refractivity contribution in [1.29, 1.82) is 0 Å². The fraction of sp³-hybridized carbons (Fsp3) is 0.458. The third kappa shape index (κ3) is 5.59. The molecule has 0 bridgehead atoms. The molecule has 0 unspecified atom stereocenters. The van der Waals surface area contributed by atoms with Crippen molar-refractivity contribution in [3.63, 3.8) is 0 Å². The van der Waals surface area contributed by atoms with Gasteiger partial charge in [0.25, 0.3) is 5.91 Å². The van der Waals surface area contributed by atoms with E-state index in [-0.39, 0.29) is 11.9 Å². The van der Waals surface area contributed by atoms with E-state index in [9.17, 15) is 4.79 Å². The predicted octanol–water partition coefficient (Wildman–Crippen LogP) is 4.95. The van der Waals surface area contributed by atoms with E-state index in [1.54, 1.807) is 7.11 Å². The van der Waals surface area contributed by atoms with E-state index in [0.717, 1.165) is 24.3 Å². The Morgan fingerprint density at radius 3 is 2.21 bits per heavy atom. The SMILES string of the molecule is CC[C@H](NC(=O)c1ccc(CN2CCCCCC2)cc1)c1ccc(OC)cc1. The fourth-order valence-electron chi connectivity index (χ4n) is 3.81. The molecular formula is C24H32N2O2. The number of nitrogens with zero attached hydrogens (tertiary/aromatic N) is 1. The van der Waals surface area contributed by atoms with Gasteiger partial charge in [-0.15, -0.1) is 0 Å². The summed E-state index contributed by atoms with van der Waals surface area (Å²) in [6.07, 6.45) is 6.13. The lowest BCUT2D eigenvalue weighted by atomic mass is 10.0. The topological polar surface area (TPSA) is 41.6 Å². The summed E-state index contributed by atoms with van der Waals surface area (Å²) >= 11 is 0. The zero-order chi connectivity index (χ0) is 19.8. The van der Waals surface area contributed by atoms with E-state index < -0.39 is 0 Å². The zero-order valence-corrected chi connectivity index (χ0v) is 17.1. The molecule has 4 nitrogen and oxygen atoms in total. The van der Waals surface area contributed by atoms with Crippen molar-refractivity contribution in [1.82, 2.24) is 10.2 Å². The maximum absolute atomic E-state index is 12.7. The lowest BCUT2D eigenvalue weighted by Gasteiger charge is -2.20. The van der Waals surface area contributed by atoms with Crippen molar-refractivity contribution >= 4 is 5.91 Å². The molecule has 0 radical (unpaired) electrons. The van der Waals surface area contributed by atoms with Gasteiger partial charge in [-0.1, -0.05) is 44.0 Å². The molecule has 0 saturated carbocycles. The van der Waals surface area contributed by atoms with E-state index >= 15 is 0 Å². The highest BCUT2D eigenvalue weighted by Crippen LogP contribution is 2.21. The summed E-state index contributed by atoms with van der Waals surface area (Å²) in [7, 11) is 1.66. The molecule has 0 aliphatic carbocycles. The van der Waals surface area contributed by atoms with Crippen LogP contribution < -0.4 is 10.1 Å². The number of methoxy groups -OCH3 is 1. The van der Waals surface area contributed by atoms with Crippen molar-refractivity contribution in [2.75, 3.05) is 20.2 Å². The van der Waals surface area contributed by atoms with Gasteiger partial charge in [0.1, 0.15) is 5.75 Å². The van der Waals surface area contributed by atoms with Crippen molar-refractivity contribution in [2.45, 2.75) is 51.6 Å². The van der Waals surface area contributed by atoms with Gasteiger partial charge in [0.15, 0.2) is 0 Å². The molecule has 1 atom stereocenters. The zero-order valence-electron chi connectivity index (χ0n) is 17.1. The summed E-state index contributed by atoms with van der Waals surface area (Å²) in [6.45, 7) is 5.43. The highest BCUT2D eigenvalue weighted by atomic mass is 16.5. The number of nitrogens with one attached hydrogen (secondary N) is 1. The average molecular weight is 381 g/mol. The monoisotopic (exact) mass is 380 g/mol.